The van der Waals surface area contributed by atoms with Crippen LogP contribution in [0.15, 0.2) is 0 Å². The molecule has 0 unspecified atom stereocenters. The van der Waals surface area contributed by atoms with Crippen molar-refractivity contribution in [2.24, 2.45) is 5.41 Å². The van der Waals surface area contributed by atoms with Gasteiger partial charge in [-0.1, -0.05) is 26.2 Å². The van der Waals surface area contributed by atoms with E-state index in [0.29, 0.717) is 5.88 Å². The molecular weight excluding hydrogens is 222 g/mol. The molecule has 0 atom stereocenters. The quantitative estimate of drug-likeness (QED) is 0.755. The molecule has 0 saturated heterocycles. The fourth-order valence-corrected chi connectivity index (χ4v) is 2.79. The molecule has 1 saturated carbocycles. The van der Waals surface area contributed by atoms with Crippen molar-refractivity contribution in [3.63, 3.8) is 0 Å². The first-order chi connectivity index (χ1) is 7.40. The Kier molecular flexibility index (Phi) is 4.66. The summed E-state index contributed by atoms with van der Waals surface area (Å²) < 4.78 is 0. The topological polar surface area (TPSA) is 29.1 Å². The normalized spacial score (nSPS) is 20.5. The van der Waals surface area contributed by atoms with Crippen molar-refractivity contribution < 1.29 is 4.79 Å². The summed E-state index contributed by atoms with van der Waals surface area (Å²) in [5.74, 6) is 0.798. The lowest BCUT2D eigenvalue weighted by Gasteiger charge is -2.36. The molecule has 1 N–H and O–H groups in total. The maximum absolute atomic E-state index is 12.3. The number of rotatable bonds is 4. The molecule has 0 spiro atoms. The van der Waals surface area contributed by atoms with Crippen LogP contribution in [0.25, 0.3) is 0 Å². The van der Waals surface area contributed by atoms with Crippen LogP contribution in [0.5, 0.6) is 0 Å². The monoisotopic (exact) mass is 245 g/mol. The Bertz CT molecular complexity index is 244. The smallest absolute Gasteiger partial charge is 0.226 e. The predicted octanol–water partition coefficient (Wildman–Crippen LogP) is 3.48. The van der Waals surface area contributed by atoms with Crippen molar-refractivity contribution >= 4 is 17.5 Å². The van der Waals surface area contributed by atoms with Gasteiger partial charge in [-0.3, -0.25) is 4.79 Å². The van der Waals surface area contributed by atoms with Crippen LogP contribution in [0.4, 0.5) is 0 Å². The predicted molar refractivity (Wildman–Crippen MR) is 68.8 cm³/mol. The highest BCUT2D eigenvalue weighted by Crippen LogP contribution is 2.36. The summed E-state index contributed by atoms with van der Waals surface area (Å²) in [6.07, 6.45) is 6.50. The number of carbonyl (C=O) groups excluding carboxylic acids is 1. The molecular formula is C13H24ClNO. The van der Waals surface area contributed by atoms with E-state index in [9.17, 15) is 4.79 Å². The lowest BCUT2D eigenvalue weighted by Crippen LogP contribution is -2.50. The summed E-state index contributed by atoms with van der Waals surface area (Å²) in [6.45, 7) is 6.18. The van der Waals surface area contributed by atoms with E-state index >= 15 is 0 Å². The standard InChI is InChI=1S/C13H24ClNO/c1-12(2,9-10-14)15-11(16)13(3)7-5-4-6-8-13/h4-10H2,1-3H3,(H,15,16). The Labute approximate surface area is 104 Å². The van der Waals surface area contributed by atoms with E-state index in [1.807, 2.05) is 13.8 Å². The van der Waals surface area contributed by atoms with Gasteiger partial charge in [-0.05, 0) is 33.1 Å². The van der Waals surface area contributed by atoms with Crippen LogP contribution in [0, 0.1) is 5.41 Å². The van der Waals surface area contributed by atoms with Crippen LogP contribution < -0.4 is 5.32 Å². The maximum Gasteiger partial charge on any atom is 0.226 e. The van der Waals surface area contributed by atoms with E-state index in [1.165, 1.54) is 19.3 Å². The van der Waals surface area contributed by atoms with Crippen molar-refractivity contribution in [2.45, 2.75) is 64.8 Å². The second-order valence-corrected chi connectivity index (χ2v) is 6.28. The lowest BCUT2D eigenvalue weighted by atomic mass is 9.74. The zero-order valence-electron chi connectivity index (χ0n) is 10.7. The minimum Gasteiger partial charge on any atom is -0.351 e. The molecule has 3 heteroatoms. The van der Waals surface area contributed by atoms with Gasteiger partial charge in [-0.2, -0.15) is 0 Å². The van der Waals surface area contributed by atoms with Gasteiger partial charge in [0.05, 0.1) is 0 Å². The number of halogens is 1. The van der Waals surface area contributed by atoms with Crippen LogP contribution in [0.2, 0.25) is 0 Å². The fraction of sp³-hybridized carbons (Fsp3) is 0.923. The molecule has 1 aliphatic carbocycles. The van der Waals surface area contributed by atoms with Crippen LogP contribution in [0.1, 0.15) is 59.3 Å². The third kappa shape index (κ3) is 3.65. The highest BCUT2D eigenvalue weighted by molar-refractivity contribution is 6.17. The molecule has 1 fully saturated rings. The van der Waals surface area contributed by atoms with Gasteiger partial charge in [-0.25, -0.2) is 0 Å². The zero-order chi connectivity index (χ0) is 12.2. The van der Waals surface area contributed by atoms with Crippen molar-refractivity contribution in [3.05, 3.63) is 0 Å². The van der Waals surface area contributed by atoms with Gasteiger partial charge in [0.25, 0.3) is 0 Å². The van der Waals surface area contributed by atoms with E-state index in [4.69, 9.17) is 11.6 Å². The molecule has 2 nitrogen and oxygen atoms in total. The first-order valence-electron chi connectivity index (χ1n) is 6.28. The van der Waals surface area contributed by atoms with Crippen molar-refractivity contribution in [3.8, 4) is 0 Å². The Hall–Kier alpha value is -0.240. The molecule has 0 aromatic rings. The molecule has 94 valence electrons. The minimum atomic E-state index is -0.181. The Morgan fingerprint density at radius 3 is 2.38 bits per heavy atom. The Morgan fingerprint density at radius 2 is 1.88 bits per heavy atom. The molecule has 0 aromatic heterocycles. The number of alkyl halides is 1. The van der Waals surface area contributed by atoms with Gasteiger partial charge in [0.15, 0.2) is 0 Å². The zero-order valence-corrected chi connectivity index (χ0v) is 11.5. The Balaban J connectivity index is 2.56. The summed E-state index contributed by atoms with van der Waals surface area (Å²) in [5.41, 5.74) is -0.332. The number of carbonyl (C=O) groups is 1. The van der Waals surface area contributed by atoms with Crippen LogP contribution in [-0.4, -0.2) is 17.3 Å². The first-order valence-corrected chi connectivity index (χ1v) is 6.82. The van der Waals surface area contributed by atoms with E-state index in [0.717, 1.165) is 19.3 Å². The summed E-state index contributed by atoms with van der Waals surface area (Å²) in [6, 6.07) is 0. The molecule has 16 heavy (non-hydrogen) atoms. The minimum absolute atomic E-state index is 0.151. The van der Waals surface area contributed by atoms with Crippen LogP contribution in [0.3, 0.4) is 0 Å². The van der Waals surface area contributed by atoms with Gasteiger partial charge < -0.3 is 5.32 Å². The molecule has 1 rings (SSSR count). The molecule has 0 radical (unpaired) electrons. The summed E-state index contributed by atoms with van der Waals surface area (Å²) >= 11 is 5.74. The lowest BCUT2D eigenvalue weighted by molar-refractivity contribution is -0.133. The SMILES string of the molecule is CC(C)(CCCl)NC(=O)C1(C)CCCCC1. The fourth-order valence-electron chi connectivity index (χ4n) is 2.32. The van der Waals surface area contributed by atoms with Gasteiger partial charge >= 0.3 is 0 Å². The summed E-state index contributed by atoms with van der Waals surface area (Å²) in [5, 5.41) is 3.14. The van der Waals surface area contributed by atoms with E-state index in [1.54, 1.807) is 0 Å². The third-order valence-electron chi connectivity index (χ3n) is 3.68. The van der Waals surface area contributed by atoms with Crippen molar-refractivity contribution in [2.75, 3.05) is 5.88 Å². The third-order valence-corrected chi connectivity index (χ3v) is 3.87. The van der Waals surface area contributed by atoms with Crippen molar-refractivity contribution in [1.29, 1.82) is 0 Å². The highest BCUT2D eigenvalue weighted by atomic mass is 35.5. The molecule has 0 bridgehead atoms. The van der Waals surface area contributed by atoms with Crippen LogP contribution in [-0.2, 0) is 4.79 Å². The van der Waals surface area contributed by atoms with Crippen molar-refractivity contribution in [1.82, 2.24) is 5.32 Å². The maximum atomic E-state index is 12.3. The second-order valence-electron chi connectivity index (χ2n) is 5.90. The molecule has 1 aliphatic rings. The number of nitrogens with one attached hydrogen (secondary N) is 1. The summed E-state index contributed by atoms with van der Waals surface area (Å²) in [7, 11) is 0. The molecule has 0 heterocycles. The average molecular weight is 246 g/mol. The molecule has 1 amide bonds. The number of amides is 1. The molecule has 0 aliphatic heterocycles. The van der Waals surface area contributed by atoms with Gasteiger partial charge in [0.2, 0.25) is 5.91 Å². The van der Waals surface area contributed by atoms with Gasteiger partial charge in [0, 0.05) is 16.8 Å². The highest BCUT2D eigenvalue weighted by Gasteiger charge is 2.36. The Morgan fingerprint density at radius 1 is 1.31 bits per heavy atom. The van der Waals surface area contributed by atoms with Crippen LogP contribution >= 0.6 is 11.6 Å². The number of hydrogen-bond donors (Lipinski definition) is 1. The number of hydrogen-bond acceptors (Lipinski definition) is 1. The first kappa shape index (κ1) is 13.8. The van der Waals surface area contributed by atoms with Gasteiger partial charge in [-0.15, -0.1) is 11.6 Å². The van der Waals surface area contributed by atoms with E-state index in [-0.39, 0.29) is 16.9 Å². The van der Waals surface area contributed by atoms with E-state index in [2.05, 4.69) is 12.2 Å². The molecule has 0 aromatic carbocycles. The second kappa shape index (κ2) is 5.39. The van der Waals surface area contributed by atoms with E-state index < -0.39 is 0 Å². The van der Waals surface area contributed by atoms with Gasteiger partial charge in [0.1, 0.15) is 0 Å². The largest absolute Gasteiger partial charge is 0.351 e. The summed E-state index contributed by atoms with van der Waals surface area (Å²) in [4.78, 5) is 12.3. The average Bonchev–Trinajstić information content (AvgIpc) is 2.17.